The molecule has 0 unspecified atom stereocenters. The molecule has 1 N–H and O–H groups in total. The minimum atomic E-state index is 0.303. The fraction of sp³-hybridized carbons (Fsp3) is 0.533. The van der Waals surface area contributed by atoms with Crippen LogP contribution >= 0.6 is 0 Å². The fourth-order valence-electron chi connectivity index (χ4n) is 2.14. The molecule has 106 valence electrons. The molecule has 4 heteroatoms. The van der Waals surface area contributed by atoms with Crippen molar-refractivity contribution in [1.29, 1.82) is 0 Å². The van der Waals surface area contributed by atoms with Crippen molar-refractivity contribution in [3.8, 4) is 0 Å². The standard InChI is InChI=1S/C13H17NO2.C2H6O/c15-9-11-1-3-13(4-2-11)14-7-5-12(10-16)6-8-14;1-3-2/h1-4,9,12,16H,5-8,10H2;1-2H3. The molecule has 0 atom stereocenters. The van der Waals surface area contributed by atoms with Gasteiger partial charge in [0, 0.05) is 45.2 Å². The fourth-order valence-corrected chi connectivity index (χ4v) is 2.14. The molecule has 1 fully saturated rings. The van der Waals surface area contributed by atoms with Gasteiger partial charge >= 0.3 is 0 Å². The summed E-state index contributed by atoms with van der Waals surface area (Å²) in [5.74, 6) is 0.463. The number of carbonyl (C=O) groups is 1. The molecule has 1 aromatic rings. The van der Waals surface area contributed by atoms with Gasteiger partial charge in [-0.15, -0.1) is 0 Å². The number of carbonyl (C=O) groups excluding carboxylic acids is 1. The van der Waals surface area contributed by atoms with Crippen molar-refractivity contribution in [2.45, 2.75) is 12.8 Å². The van der Waals surface area contributed by atoms with Gasteiger partial charge in [0.1, 0.15) is 6.29 Å². The number of nitrogens with zero attached hydrogens (tertiary/aromatic N) is 1. The zero-order valence-electron chi connectivity index (χ0n) is 11.7. The van der Waals surface area contributed by atoms with Crippen molar-refractivity contribution < 1.29 is 14.6 Å². The molecule has 4 nitrogen and oxygen atoms in total. The molecule has 1 heterocycles. The normalized spacial score (nSPS) is 15.6. The Kier molecular flexibility index (Phi) is 7.15. The van der Waals surface area contributed by atoms with E-state index in [0.29, 0.717) is 18.1 Å². The molecule has 1 aliphatic heterocycles. The first-order chi connectivity index (χ1) is 9.24. The molecular weight excluding hydrogens is 242 g/mol. The Morgan fingerprint density at radius 2 is 1.79 bits per heavy atom. The van der Waals surface area contributed by atoms with Crippen molar-refractivity contribution in [3.05, 3.63) is 29.8 Å². The zero-order valence-corrected chi connectivity index (χ0v) is 11.7. The van der Waals surface area contributed by atoms with Crippen molar-refractivity contribution in [1.82, 2.24) is 0 Å². The first-order valence-corrected chi connectivity index (χ1v) is 6.56. The SMILES string of the molecule is COC.O=Cc1ccc(N2CCC(CO)CC2)cc1. The second-order valence-corrected chi connectivity index (χ2v) is 4.73. The van der Waals surface area contributed by atoms with Gasteiger partial charge in [-0.25, -0.2) is 0 Å². The third kappa shape index (κ3) is 5.01. The Balaban J connectivity index is 0.000000550. The molecule has 1 aromatic carbocycles. The maximum Gasteiger partial charge on any atom is 0.150 e. The minimum absolute atomic E-state index is 0.303. The number of methoxy groups -OCH3 is 1. The van der Waals surface area contributed by atoms with Crippen LogP contribution in [0.2, 0.25) is 0 Å². The van der Waals surface area contributed by atoms with Crippen LogP contribution in [0.15, 0.2) is 24.3 Å². The lowest BCUT2D eigenvalue weighted by Gasteiger charge is -2.32. The molecule has 0 saturated carbocycles. The average Bonchev–Trinajstić information content (AvgIpc) is 2.48. The van der Waals surface area contributed by atoms with E-state index in [1.807, 2.05) is 24.3 Å². The van der Waals surface area contributed by atoms with Crippen molar-refractivity contribution in [3.63, 3.8) is 0 Å². The Labute approximate surface area is 115 Å². The third-order valence-electron chi connectivity index (χ3n) is 3.27. The molecule has 0 aliphatic carbocycles. The molecule has 19 heavy (non-hydrogen) atoms. The Morgan fingerprint density at radius 3 is 2.21 bits per heavy atom. The summed E-state index contributed by atoms with van der Waals surface area (Å²) in [6.07, 6.45) is 2.96. The predicted octanol–water partition coefficient (Wildman–Crippen LogP) is 1.97. The molecular formula is C15H23NO3. The topological polar surface area (TPSA) is 49.8 Å². The number of ether oxygens (including phenoxy) is 1. The van der Waals surface area contributed by atoms with E-state index in [2.05, 4.69) is 9.64 Å². The summed E-state index contributed by atoms with van der Waals surface area (Å²) in [4.78, 5) is 12.8. The summed E-state index contributed by atoms with van der Waals surface area (Å²) >= 11 is 0. The van der Waals surface area contributed by atoms with E-state index in [9.17, 15) is 4.79 Å². The number of aldehydes is 1. The van der Waals surface area contributed by atoms with Gasteiger partial charge in [-0.2, -0.15) is 0 Å². The molecule has 1 aliphatic rings. The van der Waals surface area contributed by atoms with Crippen LogP contribution in [-0.2, 0) is 4.74 Å². The highest BCUT2D eigenvalue weighted by molar-refractivity contribution is 5.75. The number of aliphatic hydroxyl groups is 1. The number of hydrogen-bond donors (Lipinski definition) is 1. The number of aliphatic hydroxyl groups excluding tert-OH is 1. The summed E-state index contributed by atoms with van der Waals surface area (Å²) < 4.78 is 4.25. The maximum absolute atomic E-state index is 10.5. The van der Waals surface area contributed by atoms with E-state index < -0.39 is 0 Å². The van der Waals surface area contributed by atoms with Crippen LogP contribution in [-0.4, -0.2) is 45.3 Å². The minimum Gasteiger partial charge on any atom is -0.396 e. The van der Waals surface area contributed by atoms with E-state index in [-0.39, 0.29) is 0 Å². The maximum atomic E-state index is 10.5. The van der Waals surface area contributed by atoms with Crippen LogP contribution in [0.3, 0.4) is 0 Å². The summed E-state index contributed by atoms with van der Waals surface area (Å²) in [5.41, 5.74) is 1.89. The molecule has 0 amide bonds. The zero-order chi connectivity index (χ0) is 14.1. The summed E-state index contributed by atoms with van der Waals surface area (Å²) in [5, 5.41) is 9.06. The lowest BCUT2D eigenvalue weighted by molar-refractivity contribution is 0.112. The van der Waals surface area contributed by atoms with Crippen molar-refractivity contribution >= 4 is 12.0 Å². The van der Waals surface area contributed by atoms with Gasteiger partial charge in [0.05, 0.1) is 0 Å². The number of rotatable bonds is 3. The van der Waals surface area contributed by atoms with Gasteiger partial charge in [-0.3, -0.25) is 4.79 Å². The van der Waals surface area contributed by atoms with Gasteiger partial charge in [0.25, 0.3) is 0 Å². The summed E-state index contributed by atoms with van der Waals surface area (Å²) in [6, 6.07) is 7.67. The van der Waals surface area contributed by atoms with Crippen LogP contribution in [0, 0.1) is 5.92 Å². The molecule has 0 bridgehead atoms. The summed E-state index contributed by atoms with van der Waals surface area (Å²) in [7, 11) is 3.25. The summed E-state index contributed by atoms with van der Waals surface area (Å²) in [6.45, 7) is 2.29. The largest absolute Gasteiger partial charge is 0.396 e. The smallest absolute Gasteiger partial charge is 0.150 e. The van der Waals surface area contributed by atoms with Gasteiger partial charge in [-0.05, 0) is 43.0 Å². The molecule has 0 radical (unpaired) electrons. The molecule has 0 spiro atoms. The Hall–Kier alpha value is -1.39. The monoisotopic (exact) mass is 265 g/mol. The van der Waals surface area contributed by atoms with E-state index in [0.717, 1.165) is 32.2 Å². The van der Waals surface area contributed by atoms with Crippen LogP contribution in [0.5, 0.6) is 0 Å². The van der Waals surface area contributed by atoms with Gasteiger partial charge in [0.15, 0.2) is 0 Å². The predicted molar refractivity (Wildman–Crippen MR) is 76.8 cm³/mol. The van der Waals surface area contributed by atoms with E-state index >= 15 is 0 Å². The van der Waals surface area contributed by atoms with Gasteiger partial charge in [0.2, 0.25) is 0 Å². The van der Waals surface area contributed by atoms with Crippen LogP contribution in [0.25, 0.3) is 0 Å². The highest BCUT2D eigenvalue weighted by Crippen LogP contribution is 2.22. The second kappa shape index (κ2) is 8.67. The molecule has 0 aromatic heterocycles. The van der Waals surface area contributed by atoms with Crippen LogP contribution in [0.1, 0.15) is 23.2 Å². The van der Waals surface area contributed by atoms with Crippen LogP contribution in [0.4, 0.5) is 5.69 Å². The number of piperidine rings is 1. The number of benzene rings is 1. The first kappa shape index (κ1) is 15.7. The quantitative estimate of drug-likeness (QED) is 0.849. The van der Waals surface area contributed by atoms with E-state index in [1.165, 1.54) is 5.69 Å². The van der Waals surface area contributed by atoms with Crippen LogP contribution < -0.4 is 4.90 Å². The number of anilines is 1. The lowest BCUT2D eigenvalue weighted by atomic mass is 9.97. The molecule has 1 saturated heterocycles. The average molecular weight is 265 g/mol. The van der Waals surface area contributed by atoms with Gasteiger partial charge in [-0.1, -0.05) is 0 Å². The first-order valence-electron chi connectivity index (χ1n) is 6.56. The van der Waals surface area contributed by atoms with E-state index in [4.69, 9.17) is 5.11 Å². The molecule has 2 rings (SSSR count). The van der Waals surface area contributed by atoms with Gasteiger partial charge < -0.3 is 14.7 Å². The van der Waals surface area contributed by atoms with Crippen molar-refractivity contribution in [2.75, 3.05) is 38.8 Å². The third-order valence-corrected chi connectivity index (χ3v) is 3.27. The van der Waals surface area contributed by atoms with E-state index in [1.54, 1.807) is 14.2 Å². The highest BCUT2D eigenvalue weighted by Gasteiger charge is 2.18. The second-order valence-electron chi connectivity index (χ2n) is 4.73. The Morgan fingerprint density at radius 1 is 1.26 bits per heavy atom. The number of hydrogen-bond acceptors (Lipinski definition) is 4. The highest BCUT2D eigenvalue weighted by atomic mass is 16.4. The Bertz CT molecular complexity index is 356. The van der Waals surface area contributed by atoms with Crippen molar-refractivity contribution in [2.24, 2.45) is 5.92 Å². The lowest BCUT2D eigenvalue weighted by Crippen LogP contribution is -2.34.